The third kappa shape index (κ3) is 3.47. The lowest BCUT2D eigenvalue weighted by molar-refractivity contribution is 0.118. The standard InChI is InChI=1S/C10H19N3O/c1-4-11-5-6-14-8-10-7-9(2)12-13(10)3/h7,11H,4-6,8H2,1-3H3. The minimum Gasteiger partial charge on any atom is -0.374 e. The molecule has 0 atom stereocenters. The zero-order valence-corrected chi connectivity index (χ0v) is 9.21. The van der Waals surface area contributed by atoms with Crippen molar-refractivity contribution in [2.24, 2.45) is 7.05 Å². The van der Waals surface area contributed by atoms with Crippen LogP contribution in [0.15, 0.2) is 6.07 Å². The van der Waals surface area contributed by atoms with Crippen molar-refractivity contribution in [2.45, 2.75) is 20.5 Å². The van der Waals surface area contributed by atoms with Gasteiger partial charge in [-0.05, 0) is 19.5 Å². The van der Waals surface area contributed by atoms with Crippen LogP contribution in [0.3, 0.4) is 0 Å². The Morgan fingerprint density at radius 1 is 1.57 bits per heavy atom. The molecule has 0 aliphatic heterocycles. The summed E-state index contributed by atoms with van der Waals surface area (Å²) >= 11 is 0. The van der Waals surface area contributed by atoms with Gasteiger partial charge in [0.1, 0.15) is 0 Å². The van der Waals surface area contributed by atoms with E-state index in [-0.39, 0.29) is 0 Å². The third-order valence-corrected chi connectivity index (χ3v) is 2.02. The van der Waals surface area contributed by atoms with Crippen molar-refractivity contribution >= 4 is 0 Å². The molecule has 1 heterocycles. The highest BCUT2D eigenvalue weighted by atomic mass is 16.5. The smallest absolute Gasteiger partial charge is 0.0885 e. The van der Waals surface area contributed by atoms with Gasteiger partial charge >= 0.3 is 0 Å². The molecule has 4 nitrogen and oxygen atoms in total. The first-order chi connectivity index (χ1) is 6.74. The Labute approximate surface area is 85.3 Å². The van der Waals surface area contributed by atoms with Crippen LogP contribution in [0.1, 0.15) is 18.3 Å². The Kier molecular flexibility index (Phi) is 4.62. The summed E-state index contributed by atoms with van der Waals surface area (Å²) in [5.41, 5.74) is 2.16. The average Bonchev–Trinajstić information content (AvgIpc) is 2.45. The molecule has 0 aliphatic rings. The fraction of sp³-hybridized carbons (Fsp3) is 0.700. The van der Waals surface area contributed by atoms with Crippen molar-refractivity contribution in [1.29, 1.82) is 0 Å². The lowest BCUT2D eigenvalue weighted by Gasteiger charge is -2.04. The predicted octanol–water partition coefficient (Wildman–Crippen LogP) is 0.855. The van der Waals surface area contributed by atoms with Gasteiger partial charge in [0.15, 0.2) is 0 Å². The Bertz CT molecular complexity index is 270. The maximum Gasteiger partial charge on any atom is 0.0885 e. The summed E-state index contributed by atoms with van der Waals surface area (Å²) in [4.78, 5) is 0. The van der Waals surface area contributed by atoms with Gasteiger partial charge in [0.25, 0.3) is 0 Å². The van der Waals surface area contributed by atoms with Crippen molar-refractivity contribution in [3.05, 3.63) is 17.5 Å². The van der Waals surface area contributed by atoms with E-state index in [9.17, 15) is 0 Å². The summed E-state index contributed by atoms with van der Waals surface area (Å²) in [7, 11) is 1.94. The summed E-state index contributed by atoms with van der Waals surface area (Å²) in [6.07, 6.45) is 0. The number of hydrogen-bond donors (Lipinski definition) is 1. The molecule has 0 saturated carbocycles. The first kappa shape index (κ1) is 11.2. The van der Waals surface area contributed by atoms with E-state index < -0.39 is 0 Å². The monoisotopic (exact) mass is 197 g/mol. The lowest BCUT2D eigenvalue weighted by Crippen LogP contribution is -2.19. The fourth-order valence-electron chi connectivity index (χ4n) is 1.30. The molecule has 14 heavy (non-hydrogen) atoms. The predicted molar refractivity (Wildman–Crippen MR) is 56.1 cm³/mol. The zero-order chi connectivity index (χ0) is 10.4. The first-order valence-electron chi connectivity index (χ1n) is 5.02. The van der Waals surface area contributed by atoms with Gasteiger partial charge in [-0.25, -0.2) is 0 Å². The maximum atomic E-state index is 5.49. The summed E-state index contributed by atoms with van der Waals surface area (Å²) in [5.74, 6) is 0. The number of ether oxygens (including phenoxy) is 1. The summed E-state index contributed by atoms with van der Waals surface area (Å²) in [6.45, 7) is 7.37. The normalized spacial score (nSPS) is 10.8. The van der Waals surface area contributed by atoms with E-state index in [0.29, 0.717) is 6.61 Å². The van der Waals surface area contributed by atoms with Crippen LogP contribution in [0.25, 0.3) is 0 Å². The molecular formula is C10H19N3O. The molecule has 0 spiro atoms. The summed E-state index contributed by atoms with van der Waals surface area (Å²) in [6, 6.07) is 2.05. The van der Waals surface area contributed by atoms with Crippen LogP contribution in [0.5, 0.6) is 0 Å². The molecule has 0 aliphatic carbocycles. The molecule has 1 N–H and O–H groups in total. The first-order valence-corrected chi connectivity index (χ1v) is 5.02. The van der Waals surface area contributed by atoms with E-state index >= 15 is 0 Å². The SMILES string of the molecule is CCNCCOCc1cc(C)nn1C. The number of nitrogens with one attached hydrogen (secondary N) is 1. The largest absolute Gasteiger partial charge is 0.374 e. The van der Waals surface area contributed by atoms with Crippen LogP contribution < -0.4 is 5.32 Å². The van der Waals surface area contributed by atoms with E-state index in [0.717, 1.165) is 31.1 Å². The van der Waals surface area contributed by atoms with E-state index in [1.807, 2.05) is 24.7 Å². The van der Waals surface area contributed by atoms with Gasteiger partial charge in [-0.3, -0.25) is 4.68 Å². The molecule has 0 bridgehead atoms. The van der Waals surface area contributed by atoms with Gasteiger partial charge in [0, 0.05) is 13.6 Å². The summed E-state index contributed by atoms with van der Waals surface area (Å²) < 4.78 is 7.36. The number of nitrogens with zero attached hydrogens (tertiary/aromatic N) is 2. The Morgan fingerprint density at radius 2 is 2.36 bits per heavy atom. The molecule has 0 aromatic carbocycles. The molecule has 0 unspecified atom stereocenters. The van der Waals surface area contributed by atoms with Crippen LogP contribution in [0.2, 0.25) is 0 Å². The minimum atomic E-state index is 0.642. The second-order valence-corrected chi connectivity index (χ2v) is 3.31. The molecule has 0 radical (unpaired) electrons. The number of rotatable bonds is 6. The molecule has 1 rings (SSSR count). The van der Waals surface area contributed by atoms with Crippen molar-refractivity contribution in [1.82, 2.24) is 15.1 Å². The van der Waals surface area contributed by atoms with Crippen LogP contribution in [0.4, 0.5) is 0 Å². The van der Waals surface area contributed by atoms with Gasteiger partial charge in [-0.15, -0.1) is 0 Å². The summed E-state index contributed by atoms with van der Waals surface area (Å²) in [5, 5.41) is 7.45. The molecule has 80 valence electrons. The van der Waals surface area contributed by atoms with Crippen LogP contribution in [0, 0.1) is 6.92 Å². The molecule has 4 heteroatoms. The minimum absolute atomic E-state index is 0.642. The highest BCUT2D eigenvalue weighted by Gasteiger charge is 2.00. The Morgan fingerprint density at radius 3 is 2.93 bits per heavy atom. The zero-order valence-electron chi connectivity index (χ0n) is 9.21. The van der Waals surface area contributed by atoms with Gasteiger partial charge in [0.05, 0.1) is 24.6 Å². The highest BCUT2D eigenvalue weighted by Crippen LogP contribution is 2.02. The maximum absolute atomic E-state index is 5.49. The van der Waals surface area contributed by atoms with E-state index in [2.05, 4.69) is 17.3 Å². The molecule has 1 aromatic rings. The topological polar surface area (TPSA) is 39.1 Å². The van der Waals surface area contributed by atoms with E-state index in [1.165, 1.54) is 0 Å². The molecular weight excluding hydrogens is 178 g/mol. The molecule has 0 amide bonds. The number of aryl methyl sites for hydroxylation is 2. The second kappa shape index (κ2) is 5.78. The van der Waals surface area contributed by atoms with E-state index in [4.69, 9.17) is 4.74 Å². The Balaban J connectivity index is 2.21. The van der Waals surface area contributed by atoms with Crippen LogP contribution >= 0.6 is 0 Å². The number of likely N-dealkylation sites (N-methyl/N-ethyl adjacent to an activating group) is 1. The number of aromatic nitrogens is 2. The number of hydrogen-bond acceptors (Lipinski definition) is 3. The molecule has 0 fully saturated rings. The van der Waals surface area contributed by atoms with Crippen molar-refractivity contribution in [2.75, 3.05) is 19.7 Å². The van der Waals surface area contributed by atoms with Gasteiger partial charge in [0.2, 0.25) is 0 Å². The van der Waals surface area contributed by atoms with Crippen molar-refractivity contribution < 1.29 is 4.74 Å². The van der Waals surface area contributed by atoms with Gasteiger partial charge in [-0.2, -0.15) is 5.10 Å². The van der Waals surface area contributed by atoms with Crippen LogP contribution in [-0.4, -0.2) is 29.5 Å². The Hall–Kier alpha value is -0.870. The third-order valence-electron chi connectivity index (χ3n) is 2.02. The van der Waals surface area contributed by atoms with Crippen molar-refractivity contribution in [3.8, 4) is 0 Å². The quantitative estimate of drug-likeness (QED) is 0.687. The van der Waals surface area contributed by atoms with E-state index in [1.54, 1.807) is 0 Å². The van der Waals surface area contributed by atoms with Gasteiger partial charge in [-0.1, -0.05) is 6.92 Å². The van der Waals surface area contributed by atoms with Gasteiger partial charge < -0.3 is 10.1 Å². The second-order valence-electron chi connectivity index (χ2n) is 3.31. The molecule has 0 saturated heterocycles. The van der Waals surface area contributed by atoms with Crippen molar-refractivity contribution in [3.63, 3.8) is 0 Å². The average molecular weight is 197 g/mol. The van der Waals surface area contributed by atoms with Crippen LogP contribution in [-0.2, 0) is 18.4 Å². The fourth-order valence-corrected chi connectivity index (χ4v) is 1.30. The molecule has 1 aromatic heterocycles. The highest BCUT2D eigenvalue weighted by molar-refractivity contribution is 5.07. The lowest BCUT2D eigenvalue weighted by atomic mass is 10.4.